The van der Waals surface area contributed by atoms with E-state index in [4.69, 9.17) is 4.98 Å². The number of anilines is 1. The van der Waals surface area contributed by atoms with Gasteiger partial charge in [-0.05, 0) is 31.2 Å². The zero-order chi connectivity index (χ0) is 18.1. The van der Waals surface area contributed by atoms with Crippen molar-refractivity contribution in [2.24, 2.45) is 0 Å². The molecular formula is C19H13BrN4OS. The van der Waals surface area contributed by atoms with E-state index in [1.54, 1.807) is 0 Å². The Morgan fingerprint density at radius 3 is 2.58 bits per heavy atom. The number of hydrogen-bond acceptors (Lipinski definition) is 5. The molecule has 4 rings (SSSR count). The summed E-state index contributed by atoms with van der Waals surface area (Å²) in [5.74, 6) is -0.224. The molecule has 4 aromatic rings. The monoisotopic (exact) mass is 424 g/mol. The zero-order valence-corrected chi connectivity index (χ0v) is 16.1. The normalized spacial score (nSPS) is 10.8. The second-order valence-electron chi connectivity index (χ2n) is 5.66. The molecule has 0 saturated heterocycles. The summed E-state index contributed by atoms with van der Waals surface area (Å²) in [5.41, 5.74) is 3.02. The number of halogens is 1. The molecule has 0 aliphatic carbocycles. The summed E-state index contributed by atoms with van der Waals surface area (Å²) in [5, 5.41) is 12.8. The van der Waals surface area contributed by atoms with Gasteiger partial charge in [0.1, 0.15) is 5.01 Å². The van der Waals surface area contributed by atoms with Gasteiger partial charge in [0.25, 0.3) is 5.91 Å². The van der Waals surface area contributed by atoms with Crippen LogP contribution in [0.4, 0.5) is 5.13 Å². The van der Waals surface area contributed by atoms with Crippen LogP contribution in [0, 0.1) is 6.92 Å². The molecule has 0 radical (unpaired) electrons. The van der Waals surface area contributed by atoms with Gasteiger partial charge in [-0.1, -0.05) is 57.6 Å². The molecule has 0 aliphatic heterocycles. The average Bonchev–Trinajstić information content (AvgIpc) is 3.06. The molecule has 0 fully saturated rings. The van der Waals surface area contributed by atoms with E-state index in [-0.39, 0.29) is 5.91 Å². The van der Waals surface area contributed by atoms with Crippen LogP contribution >= 0.6 is 27.3 Å². The molecule has 0 aliphatic rings. The number of amides is 1. The summed E-state index contributed by atoms with van der Waals surface area (Å²) in [6.45, 7) is 1.85. The van der Waals surface area contributed by atoms with Crippen LogP contribution in [0.1, 0.15) is 15.4 Å². The third kappa shape index (κ3) is 3.36. The third-order valence-corrected chi connectivity index (χ3v) is 5.13. The van der Waals surface area contributed by atoms with Gasteiger partial charge in [0, 0.05) is 15.4 Å². The molecule has 2 aromatic heterocycles. The molecule has 0 bridgehead atoms. The Morgan fingerprint density at radius 1 is 1.08 bits per heavy atom. The molecule has 0 spiro atoms. The Kier molecular flexibility index (Phi) is 4.48. The predicted molar refractivity (Wildman–Crippen MR) is 107 cm³/mol. The predicted octanol–water partition coefficient (Wildman–Crippen LogP) is 5.08. The first kappa shape index (κ1) is 16.8. The molecule has 0 atom stereocenters. The van der Waals surface area contributed by atoms with Gasteiger partial charge in [-0.15, -0.1) is 10.2 Å². The van der Waals surface area contributed by atoms with Crippen molar-refractivity contribution < 1.29 is 4.79 Å². The fourth-order valence-electron chi connectivity index (χ4n) is 2.64. The van der Waals surface area contributed by atoms with Gasteiger partial charge >= 0.3 is 0 Å². The number of hydrogen-bond donors (Lipinski definition) is 1. The van der Waals surface area contributed by atoms with Gasteiger partial charge in [-0.3, -0.25) is 10.1 Å². The summed E-state index contributed by atoms with van der Waals surface area (Å²) in [7, 11) is 0. The van der Waals surface area contributed by atoms with Gasteiger partial charge in [0.05, 0.1) is 16.8 Å². The van der Waals surface area contributed by atoms with Crippen molar-refractivity contribution in [2.45, 2.75) is 6.92 Å². The Bertz CT molecular complexity index is 1110. The second kappa shape index (κ2) is 6.93. The van der Waals surface area contributed by atoms with Crippen molar-refractivity contribution in [1.29, 1.82) is 0 Å². The highest BCUT2D eigenvalue weighted by molar-refractivity contribution is 9.10. The van der Waals surface area contributed by atoms with Crippen LogP contribution in [-0.4, -0.2) is 21.1 Å². The summed E-state index contributed by atoms with van der Waals surface area (Å²) in [6, 6.07) is 17.3. The topological polar surface area (TPSA) is 67.8 Å². The molecule has 5 nitrogen and oxygen atoms in total. The number of benzene rings is 2. The maximum atomic E-state index is 12.9. The summed E-state index contributed by atoms with van der Waals surface area (Å²) in [4.78, 5) is 17.6. The van der Waals surface area contributed by atoms with Crippen LogP contribution < -0.4 is 5.32 Å². The minimum atomic E-state index is -0.224. The molecule has 0 unspecified atom stereocenters. The molecule has 128 valence electrons. The van der Waals surface area contributed by atoms with Crippen LogP contribution in [-0.2, 0) is 0 Å². The molecular weight excluding hydrogens is 412 g/mol. The third-order valence-electron chi connectivity index (χ3n) is 3.85. The van der Waals surface area contributed by atoms with E-state index in [2.05, 4.69) is 31.4 Å². The van der Waals surface area contributed by atoms with E-state index in [1.165, 1.54) is 11.3 Å². The first-order valence-electron chi connectivity index (χ1n) is 7.87. The van der Waals surface area contributed by atoms with Crippen LogP contribution in [0.25, 0.3) is 22.2 Å². The molecule has 1 amide bonds. The average molecular weight is 425 g/mol. The van der Waals surface area contributed by atoms with Crippen molar-refractivity contribution in [3.05, 3.63) is 69.6 Å². The van der Waals surface area contributed by atoms with Gasteiger partial charge in [-0.2, -0.15) is 0 Å². The van der Waals surface area contributed by atoms with Crippen LogP contribution in [0.2, 0.25) is 0 Å². The number of fused-ring (bicyclic) bond motifs is 1. The maximum Gasteiger partial charge on any atom is 0.258 e. The number of aromatic nitrogens is 3. The lowest BCUT2D eigenvalue weighted by Gasteiger charge is -2.09. The number of carbonyl (C=O) groups excluding carboxylic acids is 1. The van der Waals surface area contributed by atoms with Gasteiger partial charge < -0.3 is 0 Å². The molecule has 0 saturated carbocycles. The Labute approximate surface area is 162 Å². The number of rotatable bonds is 3. The lowest BCUT2D eigenvalue weighted by atomic mass is 10.0. The second-order valence-corrected chi connectivity index (χ2v) is 7.76. The highest BCUT2D eigenvalue weighted by atomic mass is 79.9. The van der Waals surface area contributed by atoms with Crippen LogP contribution in [0.15, 0.2) is 59.1 Å². The highest BCUT2D eigenvalue weighted by Gasteiger charge is 2.15. The molecule has 26 heavy (non-hydrogen) atoms. The van der Waals surface area contributed by atoms with Gasteiger partial charge in [0.2, 0.25) is 5.13 Å². The molecule has 2 aromatic carbocycles. The minimum absolute atomic E-state index is 0.224. The number of nitrogens with one attached hydrogen (secondary N) is 1. The smallest absolute Gasteiger partial charge is 0.258 e. The van der Waals surface area contributed by atoms with Crippen LogP contribution in [0.5, 0.6) is 0 Å². The first-order chi connectivity index (χ1) is 12.6. The highest BCUT2D eigenvalue weighted by Crippen LogP contribution is 2.27. The fourth-order valence-corrected chi connectivity index (χ4v) is 3.49. The fraction of sp³-hybridized carbons (Fsp3) is 0.0526. The minimum Gasteiger partial charge on any atom is -0.296 e. The van der Waals surface area contributed by atoms with E-state index >= 15 is 0 Å². The molecule has 7 heteroatoms. The Balaban J connectivity index is 1.81. The van der Waals surface area contributed by atoms with Crippen molar-refractivity contribution in [3.63, 3.8) is 0 Å². The van der Waals surface area contributed by atoms with Crippen molar-refractivity contribution in [1.82, 2.24) is 15.2 Å². The largest absolute Gasteiger partial charge is 0.296 e. The maximum absolute atomic E-state index is 12.9. The van der Waals surface area contributed by atoms with Crippen molar-refractivity contribution in [3.8, 4) is 11.3 Å². The Morgan fingerprint density at radius 2 is 1.85 bits per heavy atom. The van der Waals surface area contributed by atoms with Crippen molar-refractivity contribution in [2.75, 3.05) is 5.32 Å². The zero-order valence-electron chi connectivity index (χ0n) is 13.7. The quantitative estimate of drug-likeness (QED) is 0.497. The van der Waals surface area contributed by atoms with E-state index in [0.717, 1.165) is 31.6 Å². The Hall–Kier alpha value is -2.64. The number of carbonyl (C=O) groups is 1. The van der Waals surface area contributed by atoms with Gasteiger partial charge in [0.15, 0.2) is 0 Å². The number of aryl methyl sites for hydroxylation is 1. The number of para-hydroxylation sites is 1. The van der Waals surface area contributed by atoms with E-state index in [0.29, 0.717) is 10.7 Å². The van der Waals surface area contributed by atoms with E-state index in [9.17, 15) is 4.79 Å². The van der Waals surface area contributed by atoms with Crippen molar-refractivity contribution >= 4 is 49.2 Å². The molecule has 2 heterocycles. The lowest BCUT2D eigenvalue weighted by molar-refractivity contribution is 0.102. The van der Waals surface area contributed by atoms with Crippen LogP contribution in [0.3, 0.4) is 0 Å². The van der Waals surface area contributed by atoms with Gasteiger partial charge in [-0.25, -0.2) is 4.98 Å². The van der Waals surface area contributed by atoms with E-state index in [1.807, 2.05) is 61.5 Å². The number of nitrogens with zero attached hydrogens (tertiary/aromatic N) is 3. The standard InChI is InChI=1S/C19H13BrN4OS/c1-11-23-24-19(26-11)22-18(25)15-10-17(12-6-8-13(20)9-7-12)21-16-5-3-2-4-14(15)16/h2-10H,1H3,(H,22,24,25). The molecule has 1 N–H and O–H groups in total. The first-order valence-corrected chi connectivity index (χ1v) is 9.48. The van der Waals surface area contributed by atoms with E-state index < -0.39 is 0 Å². The number of pyridine rings is 1. The summed E-state index contributed by atoms with van der Waals surface area (Å²) >= 11 is 4.78. The summed E-state index contributed by atoms with van der Waals surface area (Å²) < 4.78 is 0.992. The lowest BCUT2D eigenvalue weighted by Crippen LogP contribution is -2.13. The summed E-state index contributed by atoms with van der Waals surface area (Å²) in [6.07, 6.45) is 0. The SMILES string of the molecule is Cc1nnc(NC(=O)c2cc(-c3ccc(Br)cc3)nc3ccccc23)s1.